The van der Waals surface area contributed by atoms with Crippen LogP contribution >= 0.6 is 0 Å². The number of likely N-dealkylation sites (N-methyl/N-ethyl adjacent to an activating group) is 1. The van der Waals surface area contributed by atoms with Crippen LogP contribution in [-0.4, -0.2) is 38.1 Å². The molecule has 0 aliphatic carbocycles. The molecule has 0 radical (unpaired) electrons. The summed E-state index contributed by atoms with van der Waals surface area (Å²) in [6, 6.07) is 0.128. The molecule has 106 valence electrons. The Morgan fingerprint density at radius 3 is 2.58 bits per heavy atom. The van der Waals surface area contributed by atoms with E-state index in [0.717, 1.165) is 6.20 Å². The first-order valence-corrected chi connectivity index (χ1v) is 6.33. The van der Waals surface area contributed by atoms with Crippen molar-refractivity contribution < 1.29 is 9.72 Å². The number of hydrogen-bond acceptors (Lipinski definition) is 4. The van der Waals surface area contributed by atoms with E-state index < -0.39 is 4.92 Å². The Bertz CT molecular complexity index is 456. The molecule has 19 heavy (non-hydrogen) atoms. The van der Waals surface area contributed by atoms with Gasteiger partial charge in [0, 0.05) is 12.6 Å². The van der Waals surface area contributed by atoms with E-state index in [-0.39, 0.29) is 24.2 Å². The Kier molecular flexibility index (Phi) is 5.02. The summed E-state index contributed by atoms with van der Waals surface area (Å²) in [7, 11) is 0. The average molecular weight is 268 g/mol. The van der Waals surface area contributed by atoms with Crippen molar-refractivity contribution in [1.82, 2.24) is 14.7 Å². The summed E-state index contributed by atoms with van der Waals surface area (Å²) in [5, 5.41) is 14.4. The molecular formula is C12H20N4O3. The summed E-state index contributed by atoms with van der Waals surface area (Å²) in [6.07, 6.45) is 2.42. The highest BCUT2D eigenvalue weighted by Crippen LogP contribution is 2.12. The topological polar surface area (TPSA) is 81.3 Å². The van der Waals surface area contributed by atoms with Crippen LogP contribution in [0.4, 0.5) is 5.69 Å². The minimum absolute atomic E-state index is 0.0265. The molecule has 0 aliphatic heterocycles. The highest BCUT2D eigenvalue weighted by Gasteiger charge is 2.22. The van der Waals surface area contributed by atoms with Crippen LogP contribution in [0.15, 0.2) is 12.4 Å². The van der Waals surface area contributed by atoms with E-state index in [1.165, 1.54) is 10.9 Å². The quantitative estimate of drug-likeness (QED) is 0.580. The third kappa shape index (κ3) is 3.77. The first-order chi connectivity index (χ1) is 8.86. The van der Waals surface area contributed by atoms with Crippen molar-refractivity contribution in [2.75, 3.05) is 6.54 Å². The molecule has 1 rings (SSSR count). The third-order valence-corrected chi connectivity index (χ3v) is 3.25. The van der Waals surface area contributed by atoms with E-state index in [9.17, 15) is 14.9 Å². The van der Waals surface area contributed by atoms with Crippen molar-refractivity contribution in [1.29, 1.82) is 0 Å². The molecule has 1 aromatic rings. The van der Waals surface area contributed by atoms with Crippen LogP contribution in [0.2, 0.25) is 0 Å². The Hall–Kier alpha value is -1.92. The number of hydrogen-bond donors (Lipinski definition) is 0. The number of nitrogens with zero attached hydrogens (tertiary/aromatic N) is 4. The lowest BCUT2D eigenvalue weighted by Crippen LogP contribution is -2.43. The van der Waals surface area contributed by atoms with E-state index in [4.69, 9.17) is 0 Å². The predicted molar refractivity (Wildman–Crippen MR) is 70.6 cm³/mol. The van der Waals surface area contributed by atoms with Crippen molar-refractivity contribution >= 4 is 11.6 Å². The zero-order valence-corrected chi connectivity index (χ0v) is 11.7. The molecule has 0 bridgehead atoms. The molecule has 7 heteroatoms. The standard InChI is InChI=1S/C12H20N4O3/c1-5-15(10(4)9(2)3)12(17)8-14-7-11(6-13-14)16(18)19/h6-7,9-10H,5,8H2,1-4H3. The molecule has 0 spiro atoms. The molecule has 0 fully saturated rings. The molecule has 1 unspecified atom stereocenters. The minimum atomic E-state index is -0.525. The second-order valence-electron chi connectivity index (χ2n) is 4.82. The lowest BCUT2D eigenvalue weighted by atomic mass is 10.0. The van der Waals surface area contributed by atoms with Gasteiger partial charge in [-0.05, 0) is 19.8 Å². The van der Waals surface area contributed by atoms with Crippen LogP contribution in [0.25, 0.3) is 0 Å². The maximum Gasteiger partial charge on any atom is 0.307 e. The Labute approximate surface area is 112 Å². The van der Waals surface area contributed by atoms with E-state index in [1.807, 2.05) is 13.8 Å². The fourth-order valence-corrected chi connectivity index (χ4v) is 1.81. The van der Waals surface area contributed by atoms with Gasteiger partial charge in [-0.2, -0.15) is 5.10 Å². The Morgan fingerprint density at radius 2 is 2.16 bits per heavy atom. The second-order valence-corrected chi connectivity index (χ2v) is 4.82. The lowest BCUT2D eigenvalue weighted by Gasteiger charge is -2.30. The van der Waals surface area contributed by atoms with Gasteiger partial charge in [0.1, 0.15) is 18.9 Å². The van der Waals surface area contributed by atoms with Gasteiger partial charge >= 0.3 is 5.69 Å². The summed E-state index contributed by atoms with van der Waals surface area (Å²) >= 11 is 0. The predicted octanol–water partition coefficient (Wildman–Crippen LogP) is 1.68. The monoisotopic (exact) mass is 268 g/mol. The average Bonchev–Trinajstić information content (AvgIpc) is 2.78. The van der Waals surface area contributed by atoms with Crippen molar-refractivity contribution in [2.24, 2.45) is 5.92 Å². The number of carbonyl (C=O) groups is 1. The molecule has 1 heterocycles. The van der Waals surface area contributed by atoms with E-state index in [1.54, 1.807) is 4.90 Å². The van der Waals surface area contributed by atoms with Gasteiger partial charge in [-0.1, -0.05) is 13.8 Å². The van der Waals surface area contributed by atoms with Crippen molar-refractivity contribution in [3.63, 3.8) is 0 Å². The van der Waals surface area contributed by atoms with E-state index in [0.29, 0.717) is 12.5 Å². The van der Waals surface area contributed by atoms with Gasteiger partial charge in [-0.25, -0.2) is 0 Å². The van der Waals surface area contributed by atoms with Crippen LogP contribution in [-0.2, 0) is 11.3 Å². The first-order valence-electron chi connectivity index (χ1n) is 6.33. The summed E-state index contributed by atoms with van der Waals surface area (Å²) in [5.74, 6) is 0.276. The SMILES string of the molecule is CCN(C(=O)Cn1cc([N+](=O)[O-])cn1)C(C)C(C)C. The minimum Gasteiger partial charge on any atom is -0.338 e. The zero-order chi connectivity index (χ0) is 14.6. The zero-order valence-electron chi connectivity index (χ0n) is 11.7. The summed E-state index contributed by atoms with van der Waals surface area (Å²) in [4.78, 5) is 23.9. The molecule has 1 aromatic heterocycles. The Balaban J connectivity index is 2.73. The largest absolute Gasteiger partial charge is 0.338 e. The summed E-state index contributed by atoms with van der Waals surface area (Å²) in [5.41, 5.74) is -0.104. The molecule has 0 N–H and O–H groups in total. The van der Waals surface area contributed by atoms with Crippen LogP contribution < -0.4 is 0 Å². The van der Waals surface area contributed by atoms with Crippen LogP contribution in [0.3, 0.4) is 0 Å². The fraction of sp³-hybridized carbons (Fsp3) is 0.667. The number of aromatic nitrogens is 2. The second kappa shape index (κ2) is 6.31. The smallest absolute Gasteiger partial charge is 0.307 e. The van der Waals surface area contributed by atoms with Crippen molar-refractivity contribution in [3.8, 4) is 0 Å². The molecule has 1 amide bonds. The number of carbonyl (C=O) groups excluding carboxylic acids is 1. The lowest BCUT2D eigenvalue weighted by molar-refractivity contribution is -0.385. The first kappa shape index (κ1) is 15.1. The van der Waals surface area contributed by atoms with Gasteiger partial charge < -0.3 is 4.90 Å². The van der Waals surface area contributed by atoms with Gasteiger partial charge in [0.05, 0.1) is 4.92 Å². The van der Waals surface area contributed by atoms with Crippen LogP contribution in [0.5, 0.6) is 0 Å². The molecule has 7 nitrogen and oxygen atoms in total. The van der Waals surface area contributed by atoms with Gasteiger partial charge in [0.15, 0.2) is 0 Å². The maximum absolute atomic E-state index is 12.2. The number of rotatable bonds is 6. The summed E-state index contributed by atoms with van der Waals surface area (Å²) < 4.78 is 1.30. The van der Waals surface area contributed by atoms with Crippen LogP contribution in [0, 0.1) is 16.0 Å². The Morgan fingerprint density at radius 1 is 1.53 bits per heavy atom. The molecule has 0 aromatic carbocycles. The van der Waals surface area contributed by atoms with E-state index in [2.05, 4.69) is 18.9 Å². The number of amides is 1. The normalized spacial score (nSPS) is 12.5. The highest BCUT2D eigenvalue weighted by atomic mass is 16.6. The van der Waals surface area contributed by atoms with Gasteiger partial charge in [0.2, 0.25) is 5.91 Å². The van der Waals surface area contributed by atoms with Gasteiger partial charge in [-0.3, -0.25) is 19.6 Å². The van der Waals surface area contributed by atoms with Gasteiger partial charge in [-0.15, -0.1) is 0 Å². The molecular weight excluding hydrogens is 248 g/mol. The molecule has 0 saturated carbocycles. The van der Waals surface area contributed by atoms with E-state index >= 15 is 0 Å². The number of nitro groups is 1. The van der Waals surface area contributed by atoms with Crippen molar-refractivity contribution in [2.45, 2.75) is 40.3 Å². The summed E-state index contributed by atoms with van der Waals surface area (Å²) in [6.45, 7) is 8.67. The molecule has 1 atom stereocenters. The third-order valence-electron chi connectivity index (χ3n) is 3.25. The molecule has 0 aliphatic rings. The van der Waals surface area contributed by atoms with Crippen molar-refractivity contribution in [3.05, 3.63) is 22.5 Å². The molecule has 0 saturated heterocycles. The van der Waals surface area contributed by atoms with Crippen LogP contribution in [0.1, 0.15) is 27.7 Å². The highest BCUT2D eigenvalue weighted by molar-refractivity contribution is 5.76. The van der Waals surface area contributed by atoms with Gasteiger partial charge in [0.25, 0.3) is 0 Å². The fourth-order valence-electron chi connectivity index (χ4n) is 1.81. The maximum atomic E-state index is 12.2.